The molecule has 0 amide bonds. The summed E-state index contributed by atoms with van der Waals surface area (Å²) in [6, 6.07) is 8.55. The molecule has 0 spiro atoms. The number of hydrogen-bond donors (Lipinski definition) is 2. The number of oxazole rings is 1. The van der Waals surface area contributed by atoms with Crippen molar-refractivity contribution in [3.63, 3.8) is 0 Å². The number of aromatic amines is 1. The summed E-state index contributed by atoms with van der Waals surface area (Å²) in [7, 11) is 0. The van der Waals surface area contributed by atoms with Crippen molar-refractivity contribution in [3.05, 3.63) is 60.1 Å². The van der Waals surface area contributed by atoms with Crippen LogP contribution in [0.2, 0.25) is 0 Å². The quantitative estimate of drug-likeness (QED) is 0.753. The van der Waals surface area contributed by atoms with Gasteiger partial charge in [0.2, 0.25) is 5.89 Å². The zero-order valence-corrected chi connectivity index (χ0v) is 12.9. The van der Waals surface area contributed by atoms with Crippen LogP contribution in [0.5, 0.6) is 0 Å². The Morgan fingerprint density at radius 2 is 2.21 bits per heavy atom. The van der Waals surface area contributed by atoms with Crippen molar-refractivity contribution >= 4 is 0 Å². The standard InChI is InChI=1S/C17H17FN4O2/c18-12-4-2-1-3-11(12)15-9-20-16(24-15)10-19-13-6-8-23-17(13)14-5-7-21-22-14/h1-5,7,9,13,17,19H,6,8,10H2,(H,21,22)/t13-,17-/m0/s1. The lowest BCUT2D eigenvalue weighted by Crippen LogP contribution is -2.31. The highest BCUT2D eigenvalue weighted by Crippen LogP contribution is 2.28. The van der Waals surface area contributed by atoms with Gasteiger partial charge in [-0.2, -0.15) is 5.10 Å². The molecule has 3 heterocycles. The molecule has 124 valence electrons. The molecule has 0 saturated carbocycles. The Balaban J connectivity index is 1.43. The molecule has 1 aliphatic rings. The molecule has 0 unspecified atom stereocenters. The number of H-pyrrole nitrogens is 1. The molecule has 7 heteroatoms. The molecular weight excluding hydrogens is 311 g/mol. The summed E-state index contributed by atoms with van der Waals surface area (Å²) in [4.78, 5) is 4.23. The number of nitrogens with zero attached hydrogens (tertiary/aromatic N) is 2. The first-order valence-electron chi connectivity index (χ1n) is 7.85. The van der Waals surface area contributed by atoms with Gasteiger partial charge < -0.3 is 14.5 Å². The fraction of sp³-hybridized carbons (Fsp3) is 0.294. The van der Waals surface area contributed by atoms with Crippen LogP contribution in [0.1, 0.15) is 24.1 Å². The second-order valence-electron chi connectivity index (χ2n) is 5.68. The third-order valence-corrected chi connectivity index (χ3v) is 4.13. The Hall–Kier alpha value is -2.51. The lowest BCUT2D eigenvalue weighted by atomic mass is 10.1. The van der Waals surface area contributed by atoms with Gasteiger partial charge in [0, 0.05) is 18.8 Å². The predicted octanol–water partition coefficient (Wildman–Crippen LogP) is 2.82. The molecule has 2 aromatic heterocycles. The van der Waals surface area contributed by atoms with Crippen molar-refractivity contribution in [3.8, 4) is 11.3 Å². The average Bonchev–Trinajstić information content (AvgIpc) is 3.34. The lowest BCUT2D eigenvalue weighted by molar-refractivity contribution is 0.0946. The minimum Gasteiger partial charge on any atom is -0.439 e. The Bertz CT molecular complexity index is 803. The van der Waals surface area contributed by atoms with E-state index in [2.05, 4.69) is 20.5 Å². The summed E-state index contributed by atoms with van der Waals surface area (Å²) in [6.45, 7) is 1.14. The normalized spacial score (nSPS) is 20.5. The number of halogens is 1. The highest BCUT2D eigenvalue weighted by Gasteiger charge is 2.30. The Morgan fingerprint density at radius 1 is 1.29 bits per heavy atom. The molecule has 2 N–H and O–H groups in total. The summed E-state index contributed by atoms with van der Waals surface area (Å²) in [5.74, 6) is 0.623. The third-order valence-electron chi connectivity index (χ3n) is 4.13. The van der Waals surface area contributed by atoms with Crippen LogP contribution in [0.3, 0.4) is 0 Å². The highest BCUT2D eigenvalue weighted by molar-refractivity contribution is 5.56. The number of ether oxygens (including phenoxy) is 1. The van der Waals surface area contributed by atoms with E-state index < -0.39 is 0 Å². The van der Waals surface area contributed by atoms with Gasteiger partial charge in [-0.05, 0) is 24.6 Å². The van der Waals surface area contributed by atoms with Crippen molar-refractivity contribution in [2.45, 2.75) is 25.1 Å². The van der Waals surface area contributed by atoms with Gasteiger partial charge in [-0.25, -0.2) is 9.37 Å². The van der Waals surface area contributed by atoms with E-state index in [0.717, 1.165) is 12.1 Å². The van der Waals surface area contributed by atoms with Gasteiger partial charge >= 0.3 is 0 Å². The van der Waals surface area contributed by atoms with Crippen LogP contribution in [0.15, 0.2) is 47.1 Å². The summed E-state index contributed by atoms with van der Waals surface area (Å²) >= 11 is 0. The molecule has 0 aliphatic carbocycles. The van der Waals surface area contributed by atoms with E-state index in [1.807, 2.05) is 6.07 Å². The largest absolute Gasteiger partial charge is 0.439 e. The molecule has 2 atom stereocenters. The van der Waals surface area contributed by atoms with Crippen LogP contribution in [0.25, 0.3) is 11.3 Å². The van der Waals surface area contributed by atoms with Crippen molar-refractivity contribution in [2.24, 2.45) is 0 Å². The van der Waals surface area contributed by atoms with Gasteiger partial charge in [-0.15, -0.1) is 0 Å². The van der Waals surface area contributed by atoms with E-state index in [0.29, 0.717) is 30.4 Å². The topological polar surface area (TPSA) is 76.0 Å². The second-order valence-corrected chi connectivity index (χ2v) is 5.68. The van der Waals surface area contributed by atoms with Crippen LogP contribution in [-0.2, 0) is 11.3 Å². The first-order valence-corrected chi connectivity index (χ1v) is 7.85. The maximum atomic E-state index is 13.8. The molecule has 24 heavy (non-hydrogen) atoms. The van der Waals surface area contributed by atoms with Crippen LogP contribution >= 0.6 is 0 Å². The number of aromatic nitrogens is 3. The smallest absolute Gasteiger partial charge is 0.208 e. The van der Waals surface area contributed by atoms with E-state index in [4.69, 9.17) is 9.15 Å². The Labute approximate surface area is 138 Å². The summed E-state index contributed by atoms with van der Waals surface area (Å²) < 4.78 is 25.2. The molecule has 6 nitrogen and oxygen atoms in total. The third kappa shape index (κ3) is 2.95. The number of hydrogen-bond acceptors (Lipinski definition) is 5. The molecule has 0 bridgehead atoms. The minimum absolute atomic E-state index is 0.0616. The molecule has 1 fully saturated rings. The van der Waals surface area contributed by atoms with Gasteiger partial charge in [0.1, 0.15) is 11.9 Å². The summed E-state index contributed by atoms with van der Waals surface area (Å²) in [5, 5.41) is 10.3. The van der Waals surface area contributed by atoms with E-state index >= 15 is 0 Å². The highest BCUT2D eigenvalue weighted by atomic mass is 19.1. The van der Waals surface area contributed by atoms with Crippen LogP contribution in [0, 0.1) is 5.82 Å². The summed E-state index contributed by atoms with van der Waals surface area (Å²) in [5.41, 5.74) is 1.36. The molecule has 1 saturated heterocycles. The number of rotatable bonds is 5. The zero-order chi connectivity index (χ0) is 16.4. The maximum absolute atomic E-state index is 13.8. The Morgan fingerprint density at radius 3 is 3.04 bits per heavy atom. The van der Waals surface area contributed by atoms with Crippen molar-refractivity contribution in [1.82, 2.24) is 20.5 Å². The van der Waals surface area contributed by atoms with E-state index in [1.54, 1.807) is 30.6 Å². The maximum Gasteiger partial charge on any atom is 0.208 e. The van der Waals surface area contributed by atoms with Crippen LogP contribution in [0.4, 0.5) is 4.39 Å². The molecule has 4 rings (SSSR count). The van der Waals surface area contributed by atoms with Crippen LogP contribution in [-0.4, -0.2) is 27.8 Å². The summed E-state index contributed by atoms with van der Waals surface area (Å²) in [6.07, 6.45) is 4.09. The first-order chi connectivity index (χ1) is 11.8. The first kappa shape index (κ1) is 15.0. The van der Waals surface area contributed by atoms with E-state index in [1.165, 1.54) is 6.07 Å². The van der Waals surface area contributed by atoms with Gasteiger partial charge in [0.05, 0.1) is 24.0 Å². The van der Waals surface area contributed by atoms with Crippen LogP contribution < -0.4 is 5.32 Å². The molecule has 1 aliphatic heterocycles. The predicted molar refractivity (Wildman–Crippen MR) is 84.4 cm³/mol. The lowest BCUT2D eigenvalue weighted by Gasteiger charge is -2.17. The van der Waals surface area contributed by atoms with Crippen molar-refractivity contribution < 1.29 is 13.5 Å². The molecule has 0 radical (unpaired) electrons. The van der Waals surface area contributed by atoms with Crippen molar-refractivity contribution in [1.29, 1.82) is 0 Å². The monoisotopic (exact) mass is 328 g/mol. The SMILES string of the molecule is Fc1ccccc1-c1cnc(CN[C@H]2CCO[C@@H]2c2ccn[nH]2)o1. The van der Waals surface area contributed by atoms with E-state index in [-0.39, 0.29) is 18.0 Å². The van der Waals surface area contributed by atoms with Gasteiger partial charge in [0.15, 0.2) is 5.76 Å². The molecule has 3 aromatic rings. The fourth-order valence-electron chi connectivity index (χ4n) is 2.93. The fourth-order valence-corrected chi connectivity index (χ4v) is 2.93. The second kappa shape index (κ2) is 6.54. The molecular formula is C17H17FN4O2. The minimum atomic E-state index is -0.323. The zero-order valence-electron chi connectivity index (χ0n) is 12.9. The average molecular weight is 328 g/mol. The van der Waals surface area contributed by atoms with E-state index in [9.17, 15) is 4.39 Å². The Kier molecular flexibility index (Phi) is 4.10. The van der Waals surface area contributed by atoms with Gasteiger partial charge in [0.25, 0.3) is 0 Å². The number of nitrogens with one attached hydrogen (secondary N) is 2. The van der Waals surface area contributed by atoms with Crippen molar-refractivity contribution in [2.75, 3.05) is 6.61 Å². The number of benzene rings is 1. The molecule has 1 aromatic carbocycles. The van der Waals surface area contributed by atoms with Gasteiger partial charge in [-0.1, -0.05) is 12.1 Å². The van der Waals surface area contributed by atoms with Gasteiger partial charge in [-0.3, -0.25) is 5.10 Å².